The first-order valence-corrected chi connectivity index (χ1v) is 8.20. The van der Waals surface area contributed by atoms with E-state index in [1.165, 1.54) is 29.6 Å². The van der Waals surface area contributed by atoms with Crippen molar-refractivity contribution in [1.29, 1.82) is 0 Å². The van der Waals surface area contributed by atoms with Gasteiger partial charge >= 0.3 is 0 Å². The molecule has 2 heterocycles. The minimum atomic E-state index is -0.589. The van der Waals surface area contributed by atoms with Crippen LogP contribution in [0.4, 0.5) is 10.1 Å². The van der Waals surface area contributed by atoms with Gasteiger partial charge in [-0.25, -0.2) is 4.39 Å². The monoisotopic (exact) mass is 394 g/mol. The van der Waals surface area contributed by atoms with Crippen LogP contribution in [0.2, 0.25) is 10.0 Å². The van der Waals surface area contributed by atoms with Crippen LogP contribution in [0, 0.1) is 12.7 Å². The molecule has 1 aromatic carbocycles. The van der Waals surface area contributed by atoms with Crippen LogP contribution in [-0.2, 0) is 0 Å². The lowest BCUT2D eigenvalue weighted by molar-refractivity contribution is 0.527. The summed E-state index contributed by atoms with van der Waals surface area (Å²) < 4.78 is 19.7. The van der Waals surface area contributed by atoms with Crippen LogP contribution in [-0.4, -0.2) is 23.0 Å². The summed E-state index contributed by atoms with van der Waals surface area (Å²) in [4.78, 5) is 12.5. The zero-order valence-electron chi connectivity index (χ0n) is 13.8. The molecule has 3 rings (SSSR count). The maximum atomic E-state index is 13.3. The number of hydrogen-bond acceptors (Lipinski definition) is 5. The number of rotatable bonds is 4. The highest BCUT2D eigenvalue weighted by Gasteiger charge is 2.14. The van der Waals surface area contributed by atoms with Gasteiger partial charge in [0.2, 0.25) is 0 Å². The van der Waals surface area contributed by atoms with E-state index in [0.29, 0.717) is 17.1 Å². The highest BCUT2D eigenvalue weighted by Crippen LogP contribution is 2.22. The average Bonchev–Trinajstić information content (AvgIpc) is 3.03. The minimum absolute atomic E-state index is 0.0873. The summed E-state index contributed by atoms with van der Waals surface area (Å²) >= 11 is 11.9. The van der Waals surface area contributed by atoms with Gasteiger partial charge < -0.3 is 4.42 Å². The molecule has 0 saturated heterocycles. The van der Waals surface area contributed by atoms with Crippen LogP contribution >= 0.6 is 23.2 Å². The van der Waals surface area contributed by atoms with Gasteiger partial charge in [0, 0.05) is 7.05 Å². The van der Waals surface area contributed by atoms with Crippen molar-refractivity contribution in [2.45, 2.75) is 6.92 Å². The van der Waals surface area contributed by atoms with Gasteiger partial charge in [-0.3, -0.25) is 9.80 Å². The zero-order valence-corrected chi connectivity index (χ0v) is 15.3. The summed E-state index contributed by atoms with van der Waals surface area (Å²) in [5.74, 6) is 0.732. The molecule has 0 bridgehead atoms. The molecular formula is C17H13Cl2FN4O2. The van der Waals surface area contributed by atoms with Crippen LogP contribution in [0.3, 0.4) is 0 Å². The molecule has 0 N–H and O–H groups in total. The Kier molecular flexibility index (Phi) is 5.11. The van der Waals surface area contributed by atoms with E-state index < -0.39 is 11.4 Å². The van der Waals surface area contributed by atoms with Crippen molar-refractivity contribution >= 4 is 35.1 Å². The second-order valence-corrected chi connectivity index (χ2v) is 6.16. The summed E-state index contributed by atoms with van der Waals surface area (Å²) in [5, 5.41) is 9.43. The van der Waals surface area contributed by atoms with Crippen molar-refractivity contribution in [3.8, 4) is 5.69 Å². The SMILES string of the molecule is Cc1ccc(/C=N\N(C)c2cnn(-c3ccc(F)c(Cl)c3)c(=O)c2Cl)o1. The van der Waals surface area contributed by atoms with Gasteiger partial charge in [0.15, 0.2) is 0 Å². The second-order valence-electron chi connectivity index (χ2n) is 5.38. The number of hydrazone groups is 1. The Bertz CT molecular complexity index is 1050. The summed E-state index contributed by atoms with van der Waals surface area (Å²) in [7, 11) is 1.62. The van der Waals surface area contributed by atoms with Gasteiger partial charge in [0.1, 0.15) is 28.0 Å². The van der Waals surface area contributed by atoms with Crippen molar-refractivity contribution in [3.05, 3.63) is 74.3 Å². The number of furan rings is 1. The molecule has 0 aliphatic heterocycles. The van der Waals surface area contributed by atoms with E-state index in [4.69, 9.17) is 27.6 Å². The zero-order chi connectivity index (χ0) is 18.8. The molecule has 6 nitrogen and oxygen atoms in total. The fourth-order valence-corrected chi connectivity index (χ4v) is 2.60. The molecular weight excluding hydrogens is 382 g/mol. The van der Waals surface area contributed by atoms with Crippen LogP contribution in [0.5, 0.6) is 0 Å². The molecule has 0 spiro atoms. The van der Waals surface area contributed by atoms with Crippen molar-refractivity contribution in [1.82, 2.24) is 9.78 Å². The molecule has 0 unspecified atom stereocenters. The second kappa shape index (κ2) is 7.31. The number of halogens is 3. The highest BCUT2D eigenvalue weighted by molar-refractivity contribution is 6.33. The van der Waals surface area contributed by atoms with Crippen LogP contribution in [0.1, 0.15) is 11.5 Å². The molecule has 26 heavy (non-hydrogen) atoms. The maximum Gasteiger partial charge on any atom is 0.292 e. The average molecular weight is 395 g/mol. The molecule has 0 radical (unpaired) electrons. The van der Waals surface area contributed by atoms with Gasteiger partial charge in [0.05, 0.1) is 23.1 Å². The lowest BCUT2D eigenvalue weighted by Crippen LogP contribution is -2.24. The Morgan fingerprint density at radius 1 is 1.31 bits per heavy atom. The van der Waals surface area contributed by atoms with Crippen molar-refractivity contribution < 1.29 is 8.81 Å². The predicted octanol–water partition coefficient (Wildman–Crippen LogP) is 4.05. The molecule has 0 saturated carbocycles. The topological polar surface area (TPSA) is 63.6 Å². The standard InChI is InChI=1S/C17H13Cl2FN4O2/c1-10-3-5-12(26-10)8-21-23(2)15-9-22-24(17(25)16(15)19)11-4-6-14(20)13(18)7-11/h3-9H,1-2H3/b21-8-. The molecule has 134 valence electrons. The normalized spacial score (nSPS) is 11.3. The Morgan fingerprint density at radius 2 is 2.08 bits per heavy atom. The van der Waals surface area contributed by atoms with Gasteiger partial charge in [-0.1, -0.05) is 23.2 Å². The molecule has 2 aromatic heterocycles. The first kappa shape index (κ1) is 18.2. The van der Waals surface area contributed by atoms with E-state index in [-0.39, 0.29) is 10.0 Å². The number of nitrogens with zero attached hydrogens (tertiary/aromatic N) is 4. The Morgan fingerprint density at radius 3 is 2.73 bits per heavy atom. The van der Waals surface area contributed by atoms with Crippen molar-refractivity contribution in [2.24, 2.45) is 5.10 Å². The van der Waals surface area contributed by atoms with Gasteiger partial charge in [-0.2, -0.15) is 14.9 Å². The summed E-state index contributed by atoms with van der Waals surface area (Å²) in [6, 6.07) is 7.40. The fraction of sp³-hybridized carbons (Fsp3) is 0.118. The molecule has 0 aliphatic carbocycles. The number of benzene rings is 1. The van der Waals surface area contributed by atoms with Gasteiger partial charge in [0.25, 0.3) is 5.56 Å². The van der Waals surface area contributed by atoms with Crippen molar-refractivity contribution in [2.75, 3.05) is 12.1 Å². The quantitative estimate of drug-likeness (QED) is 0.494. The van der Waals surface area contributed by atoms with Crippen molar-refractivity contribution in [3.63, 3.8) is 0 Å². The third-order valence-electron chi connectivity index (χ3n) is 3.52. The number of aryl methyl sites for hydroxylation is 1. The molecule has 0 fully saturated rings. The third kappa shape index (κ3) is 3.63. The van der Waals surface area contributed by atoms with E-state index in [0.717, 1.165) is 16.5 Å². The molecule has 0 atom stereocenters. The fourth-order valence-electron chi connectivity index (χ4n) is 2.18. The predicted molar refractivity (Wildman–Crippen MR) is 99.3 cm³/mol. The molecule has 0 amide bonds. The summed E-state index contributed by atoms with van der Waals surface area (Å²) in [6.07, 6.45) is 2.88. The number of anilines is 1. The lowest BCUT2D eigenvalue weighted by Gasteiger charge is -2.15. The minimum Gasteiger partial charge on any atom is -0.460 e. The van der Waals surface area contributed by atoms with E-state index in [1.807, 2.05) is 13.0 Å². The van der Waals surface area contributed by atoms with E-state index in [1.54, 1.807) is 13.1 Å². The summed E-state index contributed by atoms with van der Waals surface area (Å²) in [5.41, 5.74) is 0.0236. The smallest absolute Gasteiger partial charge is 0.292 e. The third-order valence-corrected chi connectivity index (χ3v) is 4.16. The largest absolute Gasteiger partial charge is 0.460 e. The van der Waals surface area contributed by atoms with Gasteiger partial charge in [-0.15, -0.1) is 0 Å². The van der Waals surface area contributed by atoms with E-state index in [2.05, 4.69) is 10.2 Å². The summed E-state index contributed by atoms with van der Waals surface area (Å²) in [6.45, 7) is 1.82. The first-order chi connectivity index (χ1) is 12.4. The molecule has 3 aromatic rings. The lowest BCUT2D eigenvalue weighted by atomic mass is 10.3. The number of aromatic nitrogens is 2. The Labute approximate surface area is 158 Å². The van der Waals surface area contributed by atoms with Crippen LogP contribution in [0.25, 0.3) is 5.69 Å². The number of hydrogen-bond donors (Lipinski definition) is 0. The Hall–Kier alpha value is -2.64. The van der Waals surface area contributed by atoms with Crippen LogP contribution < -0.4 is 10.6 Å². The molecule has 0 aliphatic rings. The highest BCUT2D eigenvalue weighted by atomic mass is 35.5. The Balaban J connectivity index is 1.92. The first-order valence-electron chi connectivity index (χ1n) is 7.44. The van der Waals surface area contributed by atoms with Crippen LogP contribution in [0.15, 0.2) is 50.8 Å². The van der Waals surface area contributed by atoms with E-state index in [9.17, 15) is 9.18 Å². The van der Waals surface area contributed by atoms with E-state index >= 15 is 0 Å². The van der Waals surface area contributed by atoms with Gasteiger partial charge in [-0.05, 0) is 37.3 Å². The maximum absolute atomic E-state index is 13.3. The molecule has 9 heteroatoms.